The number of para-hydroxylation sites is 1. The van der Waals surface area contributed by atoms with Crippen LogP contribution in [0.5, 0.6) is 5.75 Å². The van der Waals surface area contributed by atoms with Gasteiger partial charge < -0.3 is 24.5 Å². The van der Waals surface area contributed by atoms with Gasteiger partial charge in [0.25, 0.3) is 0 Å². The number of carboxylic acids is 2. The second-order valence-corrected chi connectivity index (χ2v) is 4.61. The Morgan fingerprint density at radius 2 is 1.71 bits per heavy atom. The molecule has 1 saturated heterocycles. The van der Waals surface area contributed by atoms with Crippen LogP contribution in [0.1, 0.15) is 5.56 Å². The zero-order chi connectivity index (χ0) is 14.0. The number of rotatable bonds is 5. The van der Waals surface area contributed by atoms with Crippen LogP contribution in [0.4, 0.5) is 0 Å². The molecule has 0 aromatic heterocycles. The molecule has 1 aliphatic rings. The second kappa shape index (κ2) is 8.53. The molecule has 102 valence electrons. The third kappa shape index (κ3) is 4.22. The van der Waals surface area contributed by atoms with Gasteiger partial charge in [-0.05, 0) is 6.07 Å². The molecule has 0 atom stereocenters. The van der Waals surface area contributed by atoms with Gasteiger partial charge in [0, 0.05) is 25.2 Å². The third-order valence-corrected chi connectivity index (χ3v) is 3.35. The van der Waals surface area contributed by atoms with Crippen molar-refractivity contribution in [3.05, 3.63) is 29.8 Å². The van der Waals surface area contributed by atoms with Crippen LogP contribution >= 0.6 is 0 Å². The van der Waals surface area contributed by atoms with Crippen LogP contribution in [-0.4, -0.2) is 37.0 Å². The zero-order valence-corrected chi connectivity index (χ0v) is 16.4. The van der Waals surface area contributed by atoms with Crippen molar-refractivity contribution < 1.29 is 83.7 Å². The summed E-state index contributed by atoms with van der Waals surface area (Å²) in [5.41, 5.74) is -1.02. The first-order chi connectivity index (χ1) is 8.99. The second-order valence-electron chi connectivity index (χ2n) is 4.61. The summed E-state index contributed by atoms with van der Waals surface area (Å²) < 4.78 is 5.18. The van der Waals surface area contributed by atoms with Gasteiger partial charge in [0.2, 0.25) is 0 Å². The summed E-state index contributed by atoms with van der Waals surface area (Å²) in [5, 5.41) is 21.8. The number of carbonyl (C=O) groups is 2. The normalized spacial score (nSPS) is 15.9. The van der Waals surface area contributed by atoms with Crippen LogP contribution in [0, 0.1) is 5.41 Å². The zero-order valence-electron chi connectivity index (χ0n) is 12.4. The van der Waals surface area contributed by atoms with Gasteiger partial charge in [-0.1, -0.05) is 18.2 Å². The van der Waals surface area contributed by atoms with E-state index < -0.39 is 17.4 Å². The Labute approximate surface area is 167 Å². The molecule has 0 aliphatic carbocycles. The van der Waals surface area contributed by atoms with Crippen molar-refractivity contribution in [2.24, 2.45) is 5.41 Å². The maximum atomic E-state index is 10.9. The molecular weight excluding hydrogens is 296 g/mol. The van der Waals surface area contributed by atoms with Gasteiger partial charge in [-0.25, -0.2) is 0 Å². The minimum atomic E-state index is -1.89. The predicted molar refractivity (Wildman–Crippen MR) is 60.7 cm³/mol. The van der Waals surface area contributed by atoms with Gasteiger partial charge in [-0.2, -0.15) is 0 Å². The molecule has 1 aliphatic heterocycles. The molecule has 0 unspecified atom stereocenters. The maximum absolute atomic E-state index is 10.9. The molecule has 8 heteroatoms. The molecule has 21 heavy (non-hydrogen) atoms. The SMILES string of the molecule is COc1ccccc1CN1CC(C(=O)[O-])(C(=O)[O-])C1.[Na+].[Na+]. The Bertz CT molecular complexity index is 501. The topological polar surface area (TPSA) is 92.7 Å². The van der Waals surface area contributed by atoms with E-state index in [-0.39, 0.29) is 72.2 Å². The van der Waals surface area contributed by atoms with Gasteiger partial charge in [-0.15, -0.1) is 0 Å². The number of hydrogen-bond donors (Lipinski definition) is 0. The molecule has 0 bridgehead atoms. The van der Waals surface area contributed by atoms with Crippen molar-refractivity contribution in [3.8, 4) is 5.75 Å². The van der Waals surface area contributed by atoms with E-state index in [1.807, 2.05) is 18.2 Å². The van der Waals surface area contributed by atoms with E-state index in [1.54, 1.807) is 18.1 Å². The van der Waals surface area contributed by atoms with Crippen molar-refractivity contribution in [3.63, 3.8) is 0 Å². The monoisotopic (exact) mass is 309 g/mol. The van der Waals surface area contributed by atoms with E-state index in [9.17, 15) is 19.8 Å². The Morgan fingerprint density at radius 1 is 1.19 bits per heavy atom. The van der Waals surface area contributed by atoms with Crippen molar-refractivity contribution in [2.75, 3.05) is 20.2 Å². The first kappa shape index (κ1) is 20.9. The van der Waals surface area contributed by atoms with E-state index in [4.69, 9.17) is 4.74 Å². The average molecular weight is 309 g/mol. The fraction of sp³-hybridized carbons (Fsp3) is 0.385. The number of hydrogen-bond acceptors (Lipinski definition) is 6. The fourth-order valence-electron chi connectivity index (χ4n) is 2.24. The van der Waals surface area contributed by atoms with Crippen LogP contribution in [-0.2, 0) is 16.1 Å². The van der Waals surface area contributed by atoms with Gasteiger partial charge in [0.15, 0.2) is 0 Å². The van der Waals surface area contributed by atoms with Crippen LogP contribution in [0.15, 0.2) is 24.3 Å². The smallest absolute Gasteiger partial charge is 0.549 e. The summed E-state index contributed by atoms with van der Waals surface area (Å²) in [4.78, 5) is 23.5. The number of aliphatic carboxylic acids is 2. The van der Waals surface area contributed by atoms with Crippen molar-refractivity contribution in [1.29, 1.82) is 0 Å². The molecule has 1 heterocycles. The summed E-state index contributed by atoms with van der Waals surface area (Å²) in [5.74, 6) is -2.51. The quantitative estimate of drug-likeness (QED) is 0.396. The molecular formula is C13H13NNa2O5. The van der Waals surface area contributed by atoms with Gasteiger partial charge in [0.1, 0.15) is 5.75 Å². The number of carboxylic acid groups (broad SMARTS) is 2. The number of methoxy groups -OCH3 is 1. The number of ether oxygens (including phenoxy) is 1. The Hall–Kier alpha value is -0.0800. The standard InChI is InChI=1S/C13H15NO5.2Na/c1-19-10-5-3-2-4-9(10)6-14-7-13(8-14,11(15)16)12(17)18;;/h2-5H,6-8H2,1H3,(H,15,16)(H,17,18);;/q;2*+1/p-2. The summed E-state index contributed by atoms with van der Waals surface area (Å²) >= 11 is 0. The number of benzene rings is 1. The van der Waals surface area contributed by atoms with Crippen LogP contribution in [0.3, 0.4) is 0 Å². The third-order valence-electron chi connectivity index (χ3n) is 3.35. The molecule has 1 aromatic rings. The van der Waals surface area contributed by atoms with Crippen LogP contribution < -0.4 is 74.1 Å². The summed E-state index contributed by atoms with van der Waals surface area (Å²) in [6, 6.07) is 7.30. The minimum Gasteiger partial charge on any atom is -0.549 e. The molecule has 0 radical (unpaired) electrons. The molecule has 2 rings (SSSR count). The van der Waals surface area contributed by atoms with E-state index in [1.165, 1.54) is 0 Å². The van der Waals surface area contributed by atoms with Gasteiger partial charge in [0.05, 0.1) is 24.5 Å². The van der Waals surface area contributed by atoms with Gasteiger partial charge in [-0.3, -0.25) is 4.90 Å². The largest absolute Gasteiger partial charge is 1.00 e. The Kier molecular flexibility index (Phi) is 8.49. The molecule has 0 amide bonds. The van der Waals surface area contributed by atoms with Gasteiger partial charge >= 0.3 is 59.1 Å². The number of likely N-dealkylation sites (tertiary alicyclic amines) is 1. The fourth-order valence-corrected chi connectivity index (χ4v) is 2.24. The molecule has 6 nitrogen and oxygen atoms in total. The summed E-state index contributed by atoms with van der Waals surface area (Å²) in [6.07, 6.45) is 0. The summed E-state index contributed by atoms with van der Waals surface area (Å²) in [7, 11) is 1.54. The first-order valence-corrected chi connectivity index (χ1v) is 5.77. The molecule has 0 N–H and O–H groups in total. The predicted octanol–water partition coefficient (Wildman–Crippen LogP) is -8.00. The molecule has 0 saturated carbocycles. The van der Waals surface area contributed by atoms with Crippen molar-refractivity contribution >= 4 is 11.9 Å². The van der Waals surface area contributed by atoms with Crippen LogP contribution in [0.25, 0.3) is 0 Å². The van der Waals surface area contributed by atoms with Crippen LogP contribution in [0.2, 0.25) is 0 Å². The molecule has 1 aromatic carbocycles. The van der Waals surface area contributed by atoms with E-state index >= 15 is 0 Å². The van der Waals surface area contributed by atoms with E-state index in [0.717, 1.165) is 5.56 Å². The first-order valence-electron chi connectivity index (χ1n) is 5.77. The molecule has 0 spiro atoms. The Balaban J connectivity index is 0.00000200. The average Bonchev–Trinajstić information content (AvgIpc) is 2.32. The summed E-state index contributed by atoms with van der Waals surface area (Å²) in [6.45, 7) is 0.192. The van der Waals surface area contributed by atoms with Crippen molar-refractivity contribution in [2.45, 2.75) is 6.54 Å². The maximum Gasteiger partial charge on any atom is 1.00 e. The number of nitrogens with zero attached hydrogens (tertiary/aromatic N) is 1. The van der Waals surface area contributed by atoms with E-state index in [2.05, 4.69) is 0 Å². The molecule has 1 fully saturated rings. The minimum absolute atomic E-state index is 0. The number of carbonyl (C=O) groups excluding carboxylic acids is 2. The van der Waals surface area contributed by atoms with E-state index in [0.29, 0.717) is 12.3 Å². The Morgan fingerprint density at radius 3 is 2.19 bits per heavy atom. The van der Waals surface area contributed by atoms with Crippen molar-refractivity contribution in [1.82, 2.24) is 4.90 Å².